The number of anilines is 1. The normalized spacial score (nSPS) is 23.4. The fourth-order valence-corrected chi connectivity index (χ4v) is 2.39. The lowest BCUT2D eigenvalue weighted by Gasteiger charge is -2.37. The number of benzene rings is 1. The first kappa shape index (κ1) is 13.8. The maximum absolute atomic E-state index is 11.1. The van der Waals surface area contributed by atoms with E-state index in [0.717, 1.165) is 5.56 Å². The van der Waals surface area contributed by atoms with Gasteiger partial charge in [0.2, 0.25) is 0 Å². The molecular weight excluding hydrogens is 248 g/mol. The number of aliphatic hydroxyl groups is 1. The van der Waals surface area contributed by atoms with Crippen LogP contribution in [-0.4, -0.2) is 41.9 Å². The molecule has 1 aromatic rings. The van der Waals surface area contributed by atoms with Crippen molar-refractivity contribution in [2.24, 2.45) is 0 Å². The first-order valence-corrected chi connectivity index (χ1v) is 6.27. The van der Waals surface area contributed by atoms with Gasteiger partial charge in [-0.05, 0) is 25.5 Å². The third kappa shape index (κ3) is 3.02. The van der Waals surface area contributed by atoms with Gasteiger partial charge in [-0.15, -0.1) is 0 Å². The molecule has 2 unspecified atom stereocenters. The van der Waals surface area contributed by atoms with Gasteiger partial charge >= 0.3 is 0 Å². The quantitative estimate of drug-likeness (QED) is 0.662. The van der Waals surface area contributed by atoms with Crippen LogP contribution in [0.1, 0.15) is 12.5 Å². The first-order chi connectivity index (χ1) is 9.01. The van der Waals surface area contributed by atoms with Crippen molar-refractivity contribution in [3.63, 3.8) is 0 Å². The Hall–Kier alpha value is -1.66. The molecule has 0 spiro atoms. The maximum atomic E-state index is 11.1. The van der Waals surface area contributed by atoms with E-state index in [9.17, 15) is 15.2 Å². The Balaban J connectivity index is 2.32. The number of nitro benzene ring substituents is 1. The van der Waals surface area contributed by atoms with Gasteiger partial charge in [0.1, 0.15) is 5.69 Å². The third-order valence-electron chi connectivity index (χ3n) is 3.20. The summed E-state index contributed by atoms with van der Waals surface area (Å²) >= 11 is 0. The summed E-state index contributed by atoms with van der Waals surface area (Å²) in [7, 11) is 0. The van der Waals surface area contributed by atoms with Crippen molar-refractivity contribution in [2.75, 3.05) is 24.6 Å². The van der Waals surface area contributed by atoms with E-state index in [1.807, 2.05) is 24.8 Å². The van der Waals surface area contributed by atoms with E-state index in [1.165, 1.54) is 0 Å². The fraction of sp³-hybridized carbons (Fsp3) is 0.538. The summed E-state index contributed by atoms with van der Waals surface area (Å²) < 4.78 is 5.55. The van der Waals surface area contributed by atoms with Crippen LogP contribution in [0, 0.1) is 17.0 Å². The van der Waals surface area contributed by atoms with Gasteiger partial charge in [-0.1, -0.05) is 6.07 Å². The van der Waals surface area contributed by atoms with Crippen molar-refractivity contribution in [2.45, 2.75) is 26.1 Å². The molecule has 1 N–H and O–H groups in total. The van der Waals surface area contributed by atoms with Crippen LogP contribution in [0.5, 0.6) is 0 Å². The average molecular weight is 266 g/mol. The number of ether oxygens (including phenoxy) is 1. The molecule has 0 amide bonds. The van der Waals surface area contributed by atoms with Gasteiger partial charge in [-0.25, -0.2) is 0 Å². The minimum atomic E-state index is -0.365. The zero-order valence-corrected chi connectivity index (χ0v) is 11.1. The minimum absolute atomic E-state index is 0.0631. The molecule has 1 fully saturated rings. The van der Waals surface area contributed by atoms with Gasteiger partial charge in [-0.2, -0.15) is 0 Å². The highest BCUT2D eigenvalue weighted by Gasteiger charge is 2.28. The number of aliphatic hydroxyl groups excluding tert-OH is 1. The lowest BCUT2D eigenvalue weighted by molar-refractivity contribution is -0.384. The highest BCUT2D eigenvalue weighted by Crippen LogP contribution is 2.31. The molecule has 6 heteroatoms. The molecule has 104 valence electrons. The lowest BCUT2D eigenvalue weighted by atomic mass is 10.1. The van der Waals surface area contributed by atoms with E-state index in [0.29, 0.717) is 18.8 Å². The Labute approximate surface area is 111 Å². The molecule has 19 heavy (non-hydrogen) atoms. The summed E-state index contributed by atoms with van der Waals surface area (Å²) in [4.78, 5) is 12.7. The van der Waals surface area contributed by atoms with Crippen LogP contribution in [-0.2, 0) is 4.74 Å². The molecule has 0 aliphatic carbocycles. The van der Waals surface area contributed by atoms with E-state index in [-0.39, 0.29) is 29.4 Å². The molecule has 1 saturated heterocycles. The summed E-state index contributed by atoms with van der Waals surface area (Å²) in [5.41, 5.74) is 1.55. The Morgan fingerprint density at radius 3 is 2.89 bits per heavy atom. The molecule has 6 nitrogen and oxygen atoms in total. The Morgan fingerprint density at radius 2 is 2.26 bits per heavy atom. The number of morpholine rings is 1. The number of nitrogens with zero attached hydrogens (tertiary/aromatic N) is 2. The Kier molecular flexibility index (Phi) is 4.01. The van der Waals surface area contributed by atoms with E-state index >= 15 is 0 Å². The second-order valence-electron chi connectivity index (χ2n) is 4.91. The van der Waals surface area contributed by atoms with Gasteiger partial charge < -0.3 is 14.7 Å². The third-order valence-corrected chi connectivity index (χ3v) is 3.20. The predicted molar refractivity (Wildman–Crippen MR) is 71.5 cm³/mol. The summed E-state index contributed by atoms with van der Waals surface area (Å²) in [6.07, 6.45) is -0.364. The van der Waals surface area contributed by atoms with Gasteiger partial charge in [0.05, 0.1) is 23.7 Å². The number of rotatable bonds is 3. The lowest BCUT2D eigenvalue weighted by Crippen LogP contribution is -2.48. The molecule has 0 saturated carbocycles. The SMILES string of the molecule is Cc1ccc(N2CC(C)OC(CO)C2)c([N+](=O)[O-])c1. The molecule has 0 radical (unpaired) electrons. The topological polar surface area (TPSA) is 75.8 Å². The van der Waals surface area contributed by atoms with Gasteiger partial charge in [0.25, 0.3) is 5.69 Å². The van der Waals surface area contributed by atoms with E-state index in [2.05, 4.69) is 0 Å². The summed E-state index contributed by atoms with van der Waals surface area (Å²) in [5, 5.41) is 20.4. The van der Waals surface area contributed by atoms with Crippen LogP contribution >= 0.6 is 0 Å². The molecule has 1 aliphatic rings. The molecule has 2 atom stereocenters. The largest absolute Gasteiger partial charge is 0.394 e. The molecule has 1 aliphatic heterocycles. The molecular formula is C13H18N2O4. The van der Waals surface area contributed by atoms with Crippen LogP contribution in [0.2, 0.25) is 0 Å². The van der Waals surface area contributed by atoms with Gasteiger partial charge in [0, 0.05) is 19.2 Å². The second-order valence-corrected chi connectivity index (χ2v) is 4.91. The van der Waals surface area contributed by atoms with Crippen LogP contribution in [0.4, 0.5) is 11.4 Å². The summed E-state index contributed by atoms with van der Waals surface area (Å²) in [6, 6.07) is 5.19. The Morgan fingerprint density at radius 1 is 1.53 bits per heavy atom. The second kappa shape index (κ2) is 5.54. The minimum Gasteiger partial charge on any atom is -0.394 e. The van der Waals surface area contributed by atoms with Gasteiger partial charge in [0.15, 0.2) is 0 Å². The van der Waals surface area contributed by atoms with Crippen molar-refractivity contribution in [3.05, 3.63) is 33.9 Å². The highest BCUT2D eigenvalue weighted by atomic mass is 16.6. The van der Waals surface area contributed by atoms with Crippen molar-refractivity contribution < 1.29 is 14.8 Å². The van der Waals surface area contributed by atoms with Crippen molar-refractivity contribution in [1.29, 1.82) is 0 Å². The van der Waals surface area contributed by atoms with Crippen molar-refractivity contribution >= 4 is 11.4 Å². The molecule has 0 aromatic heterocycles. The zero-order valence-electron chi connectivity index (χ0n) is 11.1. The maximum Gasteiger partial charge on any atom is 0.292 e. The smallest absolute Gasteiger partial charge is 0.292 e. The number of nitro groups is 1. The van der Waals surface area contributed by atoms with Gasteiger partial charge in [-0.3, -0.25) is 10.1 Å². The van der Waals surface area contributed by atoms with Crippen LogP contribution < -0.4 is 4.90 Å². The molecule has 2 rings (SSSR count). The average Bonchev–Trinajstić information content (AvgIpc) is 2.37. The van der Waals surface area contributed by atoms with Crippen LogP contribution in [0.15, 0.2) is 18.2 Å². The zero-order chi connectivity index (χ0) is 14.0. The van der Waals surface area contributed by atoms with E-state index in [1.54, 1.807) is 12.1 Å². The standard InChI is InChI=1S/C13H18N2O4/c1-9-3-4-12(13(5-9)15(17)18)14-6-10(2)19-11(7-14)8-16/h3-5,10-11,16H,6-8H2,1-2H3. The Bertz CT molecular complexity index is 478. The van der Waals surface area contributed by atoms with Crippen LogP contribution in [0.25, 0.3) is 0 Å². The van der Waals surface area contributed by atoms with Crippen molar-refractivity contribution in [3.8, 4) is 0 Å². The predicted octanol–water partition coefficient (Wildman–Crippen LogP) is 1.49. The molecule has 0 bridgehead atoms. The summed E-state index contributed by atoms with van der Waals surface area (Å²) in [6.45, 7) is 4.69. The molecule has 1 heterocycles. The number of hydrogen-bond acceptors (Lipinski definition) is 5. The fourth-order valence-electron chi connectivity index (χ4n) is 2.39. The highest BCUT2D eigenvalue weighted by molar-refractivity contribution is 5.64. The van der Waals surface area contributed by atoms with E-state index < -0.39 is 0 Å². The number of aryl methyl sites for hydroxylation is 1. The van der Waals surface area contributed by atoms with Crippen LogP contribution in [0.3, 0.4) is 0 Å². The van der Waals surface area contributed by atoms with Crippen molar-refractivity contribution in [1.82, 2.24) is 0 Å². The number of hydrogen-bond donors (Lipinski definition) is 1. The first-order valence-electron chi connectivity index (χ1n) is 6.27. The molecule has 1 aromatic carbocycles. The summed E-state index contributed by atoms with van der Waals surface area (Å²) in [5.74, 6) is 0. The monoisotopic (exact) mass is 266 g/mol. The van der Waals surface area contributed by atoms with E-state index in [4.69, 9.17) is 4.74 Å².